The van der Waals surface area contributed by atoms with Crippen molar-refractivity contribution in [1.82, 2.24) is 4.98 Å². The smallest absolute Gasteiger partial charge is 0.101 e. The van der Waals surface area contributed by atoms with Crippen LogP contribution in [0.15, 0.2) is 60.9 Å². The van der Waals surface area contributed by atoms with Gasteiger partial charge in [-0.2, -0.15) is 5.26 Å². The molecule has 0 N–H and O–H groups in total. The first kappa shape index (κ1) is 10.5. The van der Waals surface area contributed by atoms with Gasteiger partial charge in [-0.1, -0.05) is 48.5 Å². The molecular formula is C16H10N2. The van der Waals surface area contributed by atoms with Gasteiger partial charge in [0, 0.05) is 23.2 Å². The Kier molecular flexibility index (Phi) is 2.51. The highest BCUT2D eigenvalue weighted by Gasteiger charge is 2.06. The number of hydrogen-bond acceptors (Lipinski definition) is 2. The second-order valence-corrected chi connectivity index (χ2v) is 4.07. The Balaban J connectivity index is 2.36. The number of hydrogen-bond donors (Lipinski definition) is 0. The van der Waals surface area contributed by atoms with Crippen LogP contribution in [-0.2, 0) is 0 Å². The summed E-state index contributed by atoms with van der Waals surface area (Å²) >= 11 is 0. The van der Waals surface area contributed by atoms with Gasteiger partial charge in [0.2, 0.25) is 0 Å². The molecule has 0 aliphatic heterocycles. The molecule has 2 aromatic carbocycles. The first-order valence-electron chi connectivity index (χ1n) is 5.72. The first-order valence-corrected chi connectivity index (χ1v) is 5.72. The van der Waals surface area contributed by atoms with Crippen LogP contribution in [0.3, 0.4) is 0 Å². The minimum absolute atomic E-state index is 0.616. The minimum Gasteiger partial charge on any atom is -0.263 e. The highest BCUT2D eigenvalue weighted by atomic mass is 14.6. The summed E-state index contributed by atoms with van der Waals surface area (Å²) in [6, 6.07) is 18.3. The summed E-state index contributed by atoms with van der Waals surface area (Å²) in [5.74, 6) is 0. The average molecular weight is 230 g/mol. The zero-order valence-corrected chi connectivity index (χ0v) is 9.67. The van der Waals surface area contributed by atoms with E-state index in [0.717, 1.165) is 21.9 Å². The quantitative estimate of drug-likeness (QED) is 0.638. The van der Waals surface area contributed by atoms with E-state index in [2.05, 4.69) is 29.3 Å². The van der Waals surface area contributed by atoms with Crippen molar-refractivity contribution in [3.63, 3.8) is 0 Å². The van der Waals surface area contributed by atoms with Crippen LogP contribution in [-0.4, -0.2) is 4.98 Å². The maximum atomic E-state index is 9.11. The van der Waals surface area contributed by atoms with Gasteiger partial charge in [0.1, 0.15) is 6.07 Å². The van der Waals surface area contributed by atoms with Crippen molar-refractivity contribution in [3.8, 4) is 17.2 Å². The molecule has 0 bridgehead atoms. The average Bonchev–Trinajstić information content (AvgIpc) is 2.47. The van der Waals surface area contributed by atoms with Crippen LogP contribution in [0.1, 0.15) is 5.56 Å². The lowest BCUT2D eigenvalue weighted by Crippen LogP contribution is -1.86. The van der Waals surface area contributed by atoms with Crippen LogP contribution in [0.2, 0.25) is 0 Å². The molecule has 2 heteroatoms. The second-order valence-electron chi connectivity index (χ2n) is 4.07. The van der Waals surface area contributed by atoms with Gasteiger partial charge in [-0.3, -0.25) is 4.98 Å². The second kappa shape index (κ2) is 4.31. The predicted molar refractivity (Wildman–Crippen MR) is 71.9 cm³/mol. The van der Waals surface area contributed by atoms with Crippen LogP contribution in [0.4, 0.5) is 0 Å². The molecule has 1 aromatic heterocycles. The Labute approximate surface area is 105 Å². The highest BCUT2D eigenvalue weighted by Crippen LogP contribution is 2.29. The number of nitrogens with zero attached hydrogens (tertiary/aromatic N) is 2. The zero-order valence-electron chi connectivity index (χ0n) is 9.67. The number of nitriles is 1. The number of rotatable bonds is 1. The minimum atomic E-state index is 0.616. The van der Waals surface area contributed by atoms with Crippen molar-refractivity contribution in [2.24, 2.45) is 0 Å². The summed E-state index contributed by atoms with van der Waals surface area (Å²) in [5, 5.41) is 11.1. The van der Waals surface area contributed by atoms with E-state index in [1.54, 1.807) is 6.20 Å². The third-order valence-corrected chi connectivity index (χ3v) is 3.01. The highest BCUT2D eigenvalue weighted by molar-refractivity contribution is 5.98. The lowest BCUT2D eigenvalue weighted by molar-refractivity contribution is 1.34. The number of aromatic nitrogens is 1. The third kappa shape index (κ3) is 1.63. The molecule has 0 aliphatic rings. The van der Waals surface area contributed by atoms with E-state index in [9.17, 15) is 0 Å². The molecular weight excluding hydrogens is 220 g/mol. The maximum Gasteiger partial charge on any atom is 0.101 e. The van der Waals surface area contributed by atoms with Gasteiger partial charge in [-0.05, 0) is 11.1 Å². The summed E-state index contributed by atoms with van der Waals surface area (Å²) in [5.41, 5.74) is 2.86. The standard InChI is InChI=1S/C16H10N2/c17-9-13-10-18-11-16-14(7-4-8-15(13)16)12-5-2-1-3-6-12/h1-8,10-11H. The Hall–Kier alpha value is -2.66. The van der Waals surface area contributed by atoms with Gasteiger partial charge in [-0.15, -0.1) is 0 Å². The van der Waals surface area contributed by atoms with E-state index < -0.39 is 0 Å². The summed E-state index contributed by atoms with van der Waals surface area (Å²) in [7, 11) is 0. The lowest BCUT2D eigenvalue weighted by atomic mass is 9.98. The summed E-state index contributed by atoms with van der Waals surface area (Å²) in [6.45, 7) is 0. The molecule has 0 aliphatic carbocycles. The zero-order chi connectivity index (χ0) is 12.4. The Morgan fingerprint density at radius 2 is 1.67 bits per heavy atom. The van der Waals surface area contributed by atoms with E-state index in [1.807, 2.05) is 36.5 Å². The van der Waals surface area contributed by atoms with Crippen LogP contribution in [0, 0.1) is 11.3 Å². The van der Waals surface area contributed by atoms with E-state index in [1.165, 1.54) is 0 Å². The monoisotopic (exact) mass is 230 g/mol. The largest absolute Gasteiger partial charge is 0.263 e. The number of pyridine rings is 1. The van der Waals surface area contributed by atoms with Crippen LogP contribution < -0.4 is 0 Å². The first-order chi connectivity index (χ1) is 8.90. The molecule has 0 saturated carbocycles. The van der Waals surface area contributed by atoms with Gasteiger partial charge in [0.15, 0.2) is 0 Å². The molecule has 18 heavy (non-hydrogen) atoms. The molecule has 3 aromatic rings. The Morgan fingerprint density at radius 3 is 2.44 bits per heavy atom. The molecule has 1 heterocycles. The molecule has 0 spiro atoms. The van der Waals surface area contributed by atoms with Crippen LogP contribution in [0.25, 0.3) is 21.9 Å². The molecule has 0 atom stereocenters. The van der Waals surface area contributed by atoms with Crippen molar-refractivity contribution in [2.75, 3.05) is 0 Å². The van der Waals surface area contributed by atoms with E-state index in [0.29, 0.717) is 5.56 Å². The van der Waals surface area contributed by atoms with Crippen molar-refractivity contribution >= 4 is 10.8 Å². The number of benzene rings is 2. The maximum absolute atomic E-state index is 9.11. The third-order valence-electron chi connectivity index (χ3n) is 3.01. The lowest BCUT2D eigenvalue weighted by Gasteiger charge is -2.07. The summed E-state index contributed by atoms with van der Waals surface area (Å²) in [4.78, 5) is 4.15. The van der Waals surface area contributed by atoms with Gasteiger partial charge in [0.05, 0.1) is 5.56 Å². The van der Waals surface area contributed by atoms with Crippen molar-refractivity contribution in [1.29, 1.82) is 5.26 Å². The van der Waals surface area contributed by atoms with Gasteiger partial charge in [0.25, 0.3) is 0 Å². The fraction of sp³-hybridized carbons (Fsp3) is 0. The van der Waals surface area contributed by atoms with Crippen LogP contribution >= 0.6 is 0 Å². The van der Waals surface area contributed by atoms with Gasteiger partial charge < -0.3 is 0 Å². The molecule has 0 amide bonds. The summed E-state index contributed by atoms with van der Waals surface area (Å²) < 4.78 is 0. The van der Waals surface area contributed by atoms with Crippen LogP contribution in [0.5, 0.6) is 0 Å². The van der Waals surface area contributed by atoms with E-state index in [4.69, 9.17) is 5.26 Å². The molecule has 3 rings (SSSR count). The molecule has 0 saturated heterocycles. The molecule has 2 nitrogen and oxygen atoms in total. The Morgan fingerprint density at radius 1 is 0.833 bits per heavy atom. The van der Waals surface area contributed by atoms with E-state index >= 15 is 0 Å². The van der Waals surface area contributed by atoms with Crippen molar-refractivity contribution in [2.45, 2.75) is 0 Å². The SMILES string of the molecule is N#Cc1cncc2c(-c3ccccc3)cccc12. The van der Waals surface area contributed by atoms with Crippen molar-refractivity contribution < 1.29 is 0 Å². The fourth-order valence-corrected chi connectivity index (χ4v) is 2.15. The van der Waals surface area contributed by atoms with Crippen molar-refractivity contribution in [3.05, 3.63) is 66.5 Å². The molecule has 0 radical (unpaired) electrons. The molecule has 0 unspecified atom stereocenters. The predicted octanol–water partition coefficient (Wildman–Crippen LogP) is 3.77. The van der Waals surface area contributed by atoms with Gasteiger partial charge >= 0.3 is 0 Å². The number of fused-ring (bicyclic) bond motifs is 1. The van der Waals surface area contributed by atoms with Gasteiger partial charge in [-0.25, -0.2) is 0 Å². The fourth-order valence-electron chi connectivity index (χ4n) is 2.15. The normalized spacial score (nSPS) is 10.2. The molecule has 0 fully saturated rings. The summed E-state index contributed by atoms with van der Waals surface area (Å²) in [6.07, 6.45) is 3.43. The molecule has 84 valence electrons. The Bertz CT molecular complexity index is 740. The van der Waals surface area contributed by atoms with E-state index in [-0.39, 0.29) is 0 Å². The topological polar surface area (TPSA) is 36.7 Å².